The van der Waals surface area contributed by atoms with Gasteiger partial charge in [0.2, 0.25) is 5.95 Å². The first-order chi connectivity index (χ1) is 15.8. The summed E-state index contributed by atoms with van der Waals surface area (Å²) in [6.45, 7) is 3.04. The smallest absolute Gasteiger partial charge is 0.374 e. The van der Waals surface area contributed by atoms with Gasteiger partial charge in [0.15, 0.2) is 0 Å². The van der Waals surface area contributed by atoms with Crippen molar-refractivity contribution in [3.63, 3.8) is 0 Å². The highest BCUT2D eigenvalue weighted by molar-refractivity contribution is 5.93. The maximum absolute atomic E-state index is 12.9. The number of aromatic nitrogens is 3. The van der Waals surface area contributed by atoms with E-state index < -0.39 is 11.9 Å². The summed E-state index contributed by atoms with van der Waals surface area (Å²) in [5, 5.41) is 2.83. The van der Waals surface area contributed by atoms with Gasteiger partial charge < -0.3 is 15.0 Å². The van der Waals surface area contributed by atoms with Crippen molar-refractivity contribution in [2.45, 2.75) is 31.7 Å². The van der Waals surface area contributed by atoms with Crippen LogP contribution in [0.15, 0.2) is 48.8 Å². The van der Waals surface area contributed by atoms with Crippen LogP contribution in [0, 0.1) is 6.92 Å². The van der Waals surface area contributed by atoms with Gasteiger partial charge in [0.25, 0.3) is 5.91 Å². The van der Waals surface area contributed by atoms with Gasteiger partial charge in [-0.15, -0.1) is 0 Å². The molecule has 1 aromatic carbocycles. The van der Waals surface area contributed by atoms with Crippen LogP contribution in [-0.4, -0.2) is 51.1 Å². The first kappa shape index (κ1) is 21.3. The van der Waals surface area contributed by atoms with E-state index in [0.717, 1.165) is 35.4 Å². The molecule has 10 heteroatoms. The Kier molecular flexibility index (Phi) is 5.24. The second-order valence-electron chi connectivity index (χ2n) is 8.21. The van der Waals surface area contributed by atoms with E-state index in [0.29, 0.717) is 24.5 Å². The lowest BCUT2D eigenvalue weighted by Gasteiger charge is -2.26. The van der Waals surface area contributed by atoms with Gasteiger partial charge >= 0.3 is 6.18 Å². The molecule has 2 fully saturated rings. The number of halogens is 3. The molecule has 0 saturated carbocycles. The summed E-state index contributed by atoms with van der Waals surface area (Å²) >= 11 is 0. The zero-order valence-electron chi connectivity index (χ0n) is 17.6. The third-order valence-electron chi connectivity index (χ3n) is 5.76. The number of alkyl halides is 3. The molecule has 0 radical (unpaired) electrons. The summed E-state index contributed by atoms with van der Waals surface area (Å²) in [6, 6.07) is 9.91. The summed E-state index contributed by atoms with van der Waals surface area (Å²) in [7, 11) is 0. The number of pyridine rings is 1. The number of benzene rings is 1. The van der Waals surface area contributed by atoms with Gasteiger partial charge in [-0.3, -0.25) is 9.78 Å². The predicted octanol–water partition coefficient (Wildman–Crippen LogP) is 4.22. The summed E-state index contributed by atoms with van der Waals surface area (Å²) < 4.78 is 44.3. The van der Waals surface area contributed by atoms with E-state index in [9.17, 15) is 18.0 Å². The van der Waals surface area contributed by atoms with E-state index in [4.69, 9.17) is 4.74 Å². The number of hydrogen-bond acceptors (Lipinski definition) is 6. The molecule has 2 saturated heterocycles. The molecule has 170 valence electrons. The number of likely N-dealkylation sites (tertiary alicyclic amines) is 1. The van der Waals surface area contributed by atoms with Crippen LogP contribution in [0.2, 0.25) is 0 Å². The number of fused-ring (bicyclic) bond motifs is 2. The summed E-state index contributed by atoms with van der Waals surface area (Å²) in [5.74, 6) is -0.255. The molecule has 2 bridgehead atoms. The Morgan fingerprint density at radius 1 is 1.15 bits per heavy atom. The first-order valence-corrected chi connectivity index (χ1v) is 10.4. The van der Waals surface area contributed by atoms with Crippen molar-refractivity contribution in [1.82, 2.24) is 19.9 Å². The highest BCUT2D eigenvalue weighted by Crippen LogP contribution is 2.31. The summed E-state index contributed by atoms with van der Waals surface area (Å²) in [5.41, 5.74) is 2.34. The van der Waals surface area contributed by atoms with E-state index in [2.05, 4.69) is 20.3 Å². The van der Waals surface area contributed by atoms with Crippen LogP contribution < -0.4 is 5.32 Å². The molecule has 2 atom stereocenters. The minimum atomic E-state index is -4.55. The minimum absolute atomic E-state index is 0.106. The average molecular weight is 455 g/mol. The third-order valence-corrected chi connectivity index (χ3v) is 5.76. The number of carbonyl (C=O) groups is 1. The fraction of sp³-hybridized carbons (Fsp3) is 0.304. The van der Waals surface area contributed by atoms with Crippen molar-refractivity contribution in [2.75, 3.05) is 18.5 Å². The molecular formula is C23H20F3N5O2. The standard InChI is InChI=1S/C23H20F3N5O2/c1-13-6-15(8-16(7-13)29-22-27-5-4-20(30-22)23(24,25)26)14-2-3-19(28-10-14)21(32)31-11-18-9-17(31)12-33-18/h2-8,10,17-18H,9,11-12H2,1H3,(H,27,29,30)/t17-,18-/m1/s1. The molecule has 33 heavy (non-hydrogen) atoms. The molecule has 2 aliphatic rings. The van der Waals surface area contributed by atoms with Crippen LogP contribution in [-0.2, 0) is 10.9 Å². The Morgan fingerprint density at radius 2 is 2.00 bits per heavy atom. The average Bonchev–Trinajstić information content (AvgIpc) is 3.42. The van der Waals surface area contributed by atoms with E-state index in [-0.39, 0.29) is 24.0 Å². The van der Waals surface area contributed by atoms with Crippen LogP contribution >= 0.6 is 0 Å². The third kappa shape index (κ3) is 4.38. The molecule has 7 nitrogen and oxygen atoms in total. The number of hydrogen-bond donors (Lipinski definition) is 1. The lowest BCUT2D eigenvalue weighted by molar-refractivity contribution is -0.141. The predicted molar refractivity (Wildman–Crippen MR) is 114 cm³/mol. The molecule has 0 unspecified atom stereocenters. The molecule has 3 aromatic rings. The second kappa shape index (κ2) is 8.11. The van der Waals surface area contributed by atoms with Gasteiger partial charge in [0.05, 0.1) is 18.8 Å². The maximum atomic E-state index is 12.9. The molecule has 5 rings (SSSR count). The van der Waals surface area contributed by atoms with Gasteiger partial charge in [-0.05, 0) is 48.7 Å². The number of amides is 1. The number of aryl methyl sites for hydroxylation is 1. The van der Waals surface area contributed by atoms with Crippen LogP contribution in [0.5, 0.6) is 0 Å². The van der Waals surface area contributed by atoms with Crippen LogP contribution in [0.25, 0.3) is 11.1 Å². The van der Waals surface area contributed by atoms with Gasteiger partial charge in [-0.25, -0.2) is 9.97 Å². The number of carbonyl (C=O) groups excluding carboxylic acids is 1. The molecule has 0 spiro atoms. The SMILES string of the molecule is Cc1cc(Nc2nccc(C(F)(F)F)n2)cc(-c2ccc(C(=O)N3C[C@H]4C[C@@H]3CO4)nc2)c1. The Labute approximate surface area is 187 Å². The Hall–Kier alpha value is -3.53. The summed E-state index contributed by atoms with van der Waals surface area (Å²) in [4.78, 5) is 26.4. The Balaban J connectivity index is 1.35. The van der Waals surface area contributed by atoms with Crippen LogP contribution in [0.3, 0.4) is 0 Å². The van der Waals surface area contributed by atoms with Gasteiger partial charge in [-0.2, -0.15) is 13.2 Å². The topological polar surface area (TPSA) is 80.2 Å². The normalized spacial score (nSPS) is 19.7. The van der Waals surface area contributed by atoms with Crippen molar-refractivity contribution in [3.05, 3.63) is 65.7 Å². The zero-order chi connectivity index (χ0) is 23.2. The maximum Gasteiger partial charge on any atom is 0.433 e. The van der Waals surface area contributed by atoms with Crippen molar-refractivity contribution >= 4 is 17.5 Å². The lowest BCUT2D eigenvalue weighted by atomic mass is 10.0. The Bertz CT molecular complexity index is 1200. The largest absolute Gasteiger partial charge is 0.433 e. The van der Waals surface area contributed by atoms with Crippen molar-refractivity contribution < 1.29 is 22.7 Å². The molecule has 2 aromatic heterocycles. The van der Waals surface area contributed by atoms with Crippen LogP contribution in [0.4, 0.5) is 24.8 Å². The number of morpholine rings is 1. The molecular weight excluding hydrogens is 435 g/mol. The highest BCUT2D eigenvalue weighted by atomic mass is 19.4. The monoisotopic (exact) mass is 455 g/mol. The number of anilines is 2. The highest BCUT2D eigenvalue weighted by Gasteiger charge is 2.42. The van der Waals surface area contributed by atoms with E-state index >= 15 is 0 Å². The number of nitrogens with zero attached hydrogens (tertiary/aromatic N) is 4. The fourth-order valence-corrected chi connectivity index (χ4v) is 4.21. The number of nitrogens with one attached hydrogen (secondary N) is 1. The lowest BCUT2D eigenvalue weighted by Crippen LogP contribution is -2.41. The van der Waals surface area contributed by atoms with Crippen LogP contribution in [0.1, 0.15) is 28.2 Å². The number of rotatable bonds is 4. The molecule has 1 amide bonds. The molecule has 4 heterocycles. The van der Waals surface area contributed by atoms with E-state index in [1.807, 2.05) is 24.0 Å². The second-order valence-corrected chi connectivity index (χ2v) is 8.21. The molecule has 2 aliphatic heterocycles. The quantitative estimate of drug-likeness (QED) is 0.635. The van der Waals surface area contributed by atoms with Crippen molar-refractivity contribution in [1.29, 1.82) is 0 Å². The fourth-order valence-electron chi connectivity index (χ4n) is 4.21. The van der Waals surface area contributed by atoms with E-state index in [1.54, 1.807) is 24.4 Å². The van der Waals surface area contributed by atoms with E-state index in [1.165, 1.54) is 0 Å². The van der Waals surface area contributed by atoms with Crippen molar-refractivity contribution in [3.8, 4) is 11.1 Å². The van der Waals surface area contributed by atoms with Gasteiger partial charge in [0, 0.05) is 30.2 Å². The minimum Gasteiger partial charge on any atom is -0.374 e. The Morgan fingerprint density at radius 3 is 2.67 bits per heavy atom. The number of ether oxygens (including phenoxy) is 1. The molecule has 0 aliphatic carbocycles. The van der Waals surface area contributed by atoms with Crippen molar-refractivity contribution in [2.24, 2.45) is 0 Å². The first-order valence-electron chi connectivity index (χ1n) is 10.4. The molecule has 1 N–H and O–H groups in total. The van der Waals surface area contributed by atoms with Gasteiger partial charge in [0.1, 0.15) is 11.4 Å². The zero-order valence-corrected chi connectivity index (χ0v) is 17.6. The summed E-state index contributed by atoms with van der Waals surface area (Å²) in [6.07, 6.45) is -0.871. The van der Waals surface area contributed by atoms with Gasteiger partial charge in [-0.1, -0.05) is 12.1 Å².